The molecule has 2 rings (SSSR count). The Bertz CT molecular complexity index is 605. The molecule has 6 heteroatoms. The van der Waals surface area contributed by atoms with E-state index in [-0.39, 0.29) is 11.7 Å². The smallest absolute Gasteiger partial charge is 0.290 e. The molecule has 5 nitrogen and oxygen atoms in total. The Kier molecular flexibility index (Phi) is 3.91. The second kappa shape index (κ2) is 5.62. The van der Waals surface area contributed by atoms with Crippen LogP contribution in [0.4, 0.5) is 0 Å². The van der Waals surface area contributed by atoms with E-state index in [1.54, 1.807) is 13.0 Å². The van der Waals surface area contributed by atoms with Crippen LogP contribution in [-0.2, 0) is 6.54 Å². The van der Waals surface area contributed by atoms with Crippen molar-refractivity contribution >= 4 is 23.1 Å². The number of nitrogens with zero attached hydrogens (tertiary/aromatic N) is 1. The van der Waals surface area contributed by atoms with E-state index in [1.807, 2.05) is 24.3 Å². The first-order valence-electron chi connectivity index (χ1n) is 5.66. The summed E-state index contributed by atoms with van der Waals surface area (Å²) in [5, 5.41) is 6.40. The van der Waals surface area contributed by atoms with Crippen molar-refractivity contribution in [3.05, 3.63) is 52.9 Å². The van der Waals surface area contributed by atoms with Gasteiger partial charge in [-0.2, -0.15) is 0 Å². The minimum atomic E-state index is -0.293. The van der Waals surface area contributed by atoms with Crippen molar-refractivity contribution in [3.63, 3.8) is 0 Å². The van der Waals surface area contributed by atoms with E-state index in [0.29, 0.717) is 17.2 Å². The van der Waals surface area contributed by atoms with Crippen LogP contribution < -0.4 is 11.1 Å². The van der Waals surface area contributed by atoms with Gasteiger partial charge in [0.2, 0.25) is 5.76 Å². The first-order valence-corrected chi connectivity index (χ1v) is 6.07. The quantitative estimate of drug-likeness (QED) is 0.827. The summed E-state index contributed by atoms with van der Waals surface area (Å²) in [4.78, 5) is 12.1. The number of aryl methyl sites for hydroxylation is 1. The van der Waals surface area contributed by atoms with Gasteiger partial charge in [0.05, 0.1) is 5.69 Å². The lowest BCUT2D eigenvalue weighted by Gasteiger charge is -2.04. The summed E-state index contributed by atoms with van der Waals surface area (Å²) in [6.45, 7) is 2.16. The van der Waals surface area contributed by atoms with Crippen molar-refractivity contribution in [3.8, 4) is 0 Å². The SMILES string of the molecule is Cc1cc(C(=O)NCc2ccc(C(N)=S)cc2)on1. The Morgan fingerprint density at radius 3 is 2.63 bits per heavy atom. The molecule has 0 aliphatic rings. The third-order valence-corrected chi connectivity index (χ3v) is 2.78. The molecule has 0 aliphatic heterocycles. The predicted octanol–water partition coefficient (Wildman–Crippen LogP) is 1.55. The Hall–Kier alpha value is -2.21. The van der Waals surface area contributed by atoms with Crippen molar-refractivity contribution in [1.29, 1.82) is 0 Å². The average Bonchev–Trinajstić information content (AvgIpc) is 2.83. The topological polar surface area (TPSA) is 81.2 Å². The lowest BCUT2D eigenvalue weighted by Crippen LogP contribution is -2.22. The largest absolute Gasteiger partial charge is 0.389 e. The van der Waals surface area contributed by atoms with E-state index in [9.17, 15) is 4.79 Å². The van der Waals surface area contributed by atoms with Crippen molar-refractivity contribution in [2.45, 2.75) is 13.5 Å². The number of nitrogens with one attached hydrogen (secondary N) is 1. The molecule has 1 amide bonds. The van der Waals surface area contributed by atoms with E-state index in [4.69, 9.17) is 22.5 Å². The highest BCUT2D eigenvalue weighted by Gasteiger charge is 2.10. The van der Waals surface area contributed by atoms with E-state index in [1.165, 1.54) is 0 Å². The fourth-order valence-corrected chi connectivity index (χ4v) is 1.66. The van der Waals surface area contributed by atoms with Gasteiger partial charge in [-0.1, -0.05) is 41.6 Å². The maximum Gasteiger partial charge on any atom is 0.290 e. The first kappa shape index (κ1) is 13.2. The van der Waals surface area contributed by atoms with Crippen LogP contribution in [0.1, 0.15) is 27.4 Å². The van der Waals surface area contributed by atoms with Crippen LogP contribution >= 0.6 is 12.2 Å². The van der Waals surface area contributed by atoms with E-state index >= 15 is 0 Å². The van der Waals surface area contributed by atoms with Crippen LogP contribution in [0.25, 0.3) is 0 Å². The summed E-state index contributed by atoms with van der Waals surface area (Å²) in [6.07, 6.45) is 0. The standard InChI is InChI=1S/C13H13N3O2S/c1-8-6-11(18-16-8)13(17)15-7-9-2-4-10(5-3-9)12(14)19/h2-6H,7H2,1H3,(H2,14,19)(H,15,17). The van der Waals surface area contributed by atoms with Gasteiger partial charge < -0.3 is 15.6 Å². The third kappa shape index (κ3) is 3.38. The van der Waals surface area contributed by atoms with Gasteiger partial charge in [0, 0.05) is 18.2 Å². The lowest BCUT2D eigenvalue weighted by molar-refractivity contribution is 0.0914. The number of benzene rings is 1. The molecule has 98 valence electrons. The maximum atomic E-state index is 11.7. The molecule has 19 heavy (non-hydrogen) atoms. The molecule has 0 fully saturated rings. The third-order valence-electron chi connectivity index (χ3n) is 2.54. The van der Waals surface area contributed by atoms with Crippen molar-refractivity contribution in [2.75, 3.05) is 0 Å². The Morgan fingerprint density at radius 1 is 1.42 bits per heavy atom. The second-order valence-electron chi connectivity index (χ2n) is 4.08. The summed E-state index contributed by atoms with van der Waals surface area (Å²) >= 11 is 4.87. The first-order chi connectivity index (χ1) is 9.06. The average molecular weight is 275 g/mol. The molecule has 0 spiro atoms. The van der Waals surface area contributed by atoms with Crippen LogP contribution in [0.15, 0.2) is 34.9 Å². The summed E-state index contributed by atoms with van der Waals surface area (Å²) in [5.74, 6) is -0.0868. The maximum absolute atomic E-state index is 11.7. The van der Waals surface area contributed by atoms with Crippen LogP contribution in [0.5, 0.6) is 0 Å². The Balaban J connectivity index is 1.95. The molecule has 3 N–H and O–H groups in total. The molecule has 0 aliphatic carbocycles. The van der Waals surface area contributed by atoms with Gasteiger partial charge in [0.25, 0.3) is 5.91 Å². The molecule has 1 aromatic heterocycles. The van der Waals surface area contributed by atoms with Gasteiger partial charge in [-0.05, 0) is 12.5 Å². The highest BCUT2D eigenvalue weighted by atomic mass is 32.1. The fourth-order valence-electron chi connectivity index (χ4n) is 1.53. The number of amides is 1. The summed E-state index contributed by atoms with van der Waals surface area (Å²) < 4.78 is 4.87. The molecule has 1 aromatic carbocycles. The van der Waals surface area contributed by atoms with Crippen molar-refractivity contribution in [2.24, 2.45) is 5.73 Å². The Morgan fingerprint density at radius 2 is 2.11 bits per heavy atom. The van der Waals surface area contributed by atoms with Gasteiger partial charge in [-0.3, -0.25) is 4.79 Å². The fraction of sp³-hybridized carbons (Fsp3) is 0.154. The summed E-state index contributed by atoms with van der Waals surface area (Å²) in [5.41, 5.74) is 7.93. The zero-order chi connectivity index (χ0) is 13.8. The monoisotopic (exact) mass is 275 g/mol. The molecular formula is C13H13N3O2S. The predicted molar refractivity (Wildman–Crippen MR) is 74.7 cm³/mol. The van der Waals surface area contributed by atoms with Crippen LogP contribution in [0.2, 0.25) is 0 Å². The number of carbonyl (C=O) groups excluding carboxylic acids is 1. The highest BCUT2D eigenvalue weighted by Crippen LogP contribution is 2.06. The van der Waals surface area contributed by atoms with Crippen LogP contribution in [0.3, 0.4) is 0 Å². The normalized spacial score (nSPS) is 10.2. The van der Waals surface area contributed by atoms with E-state index in [2.05, 4.69) is 10.5 Å². The second-order valence-corrected chi connectivity index (χ2v) is 4.52. The molecule has 0 unspecified atom stereocenters. The van der Waals surface area contributed by atoms with Crippen molar-refractivity contribution < 1.29 is 9.32 Å². The lowest BCUT2D eigenvalue weighted by atomic mass is 10.1. The summed E-state index contributed by atoms with van der Waals surface area (Å²) in [6, 6.07) is 8.96. The minimum Gasteiger partial charge on any atom is -0.389 e. The van der Waals surface area contributed by atoms with Gasteiger partial charge >= 0.3 is 0 Å². The number of thiocarbonyl (C=S) groups is 1. The van der Waals surface area contributed by atoms with Gasteiger partial charge in [-0.15, -0.1) is 0 Å². The van der Waals surface area contributed by atoms with Gasteiger partial charge in [0.1, 0.15) is 4.99 Å². The molecule has 0 saturated heterocycles. The number of aromatic nitrogens is 1. The molecule has 1 heterocycles. The van der Waals surface area contributed by atoms with Crippen LogP contribution in [0, 0.1) is 6.92 Å². The minimum absolute atomic E-state index is 0.206. The highest BCUT2D eigenvalue weighted by molar-refractivity contribution is 7.80. The van der Waals surface area contributed by atoms with Gasteiger partial charge in [-0.25, -0.2) is 0 Å². The van der Waals surface area contributed by atoms with Crippen LogP contribution in [-0.4, -0.2) is 16.1 Å². The molecule has 0 atom stereocenters. The van der Waals surface area contributed by atoms with E-state index in [0.717, 1.165) is 11.1 Å². The molecule has 0 radical (unpaired) electrons. The zero-order valence-corrected chi connectivity index (χ0v) is 11.2. The molecule has 0 saturated carbocycles. The Labute approximate surface area is 115 Å². The number of hydrogen-bond acceptors (Lipinski definition) is 4. The van der Waals surface area contributed by atoms with Gasteiger partial charge in [0.15, 0.2) is 0 Å². The zero-order valence-electron chi connectivity index (χ0n) is 10.3. The number of rotatable bonds is 4. The number of hydrogen-bond donors (Lipinski definition) is 2. The molecule has 2 aromatic rings. The molecule has 0 bridgehead atoms. The summed E-state index contributed by atoms with van der Waals surface area (Å²) in [7, 11) is 0. The van der Waals surface area contributed by atoms with Crippen molar-refractivity contribution in [1.82, 2.24) is 10.5 Å². The number of carbonyl (C=O) groups is 1. The van der Waals surface area contributed by atoms with E-state index < -0.39 is 0 Å². The number of nitrogens with two attached hydrogens (primary N) is 1. The molecular weight excluding hydrogens is 262 g/mol.